The average Bonchev–Trinajstić information content (AvgIpc) is 2.54. The third-order valence-electron chi connectivity index (χ3n) is 2.85. The van der Waals surface area contributed by atoms with E-state index in [1.165, 1.54) is 12.1 Å². The van der Waals surface area contributed by atoms with Crippen LogP contribution in [0.5, 0.6) is 11.5 Å². The van der Waals surface area contributed by atoms with Crippen LogP contribution < -0.4 is 10.1 Å². The molecule has 2 N–H and O–H groups in total. The van der Waals surface area contributed by atoms with Crippen molar-refractivity contribution in [3.8, 4) is 11.5 Å². The van der Waals surface area contributed by atoms with Crippen molar-refractivity contribution in [2.45, 2.75) is 0 Å². The number of amides is 1. The molecule has 2 aromatic carbocycles. The summed E-state index contributed by atoms with van der Waals surface area (Å²) in [5, 5.41) is 13.4. The van der Waals surface area contributed by atoms with Gasteiger partial charge in [0.1, 0.15) is 18.1 Å². The number of nitrogens with one attached hydrogen (secondary N) is 1. The number of hydrogen-bond acceptors (Lipinski definition) is 5. The number of phenols is 1. The van der Waals surface area contributed by atoms with E-state index in [9.17, 15) is 14.7 Å². The maximum Gasteiger partial charge on any atom is 0.412 e. The van der Waals surface area contributed by atoms with Crippen molar-refractivity contribution in [1.29, 1.82) is 0 Å². The minimum atomic E-state index is -0.675. The monoisotopic (exact) mass is 301 g/mol. The number of aromatic hydroxyl groups is 1. The number of rotatable bonds is 5. The predicted molar refractivity (Wildman–Crippen MR) is 80.8 cm³/mol. The quantitative estimate of drug-likeness (QED) is 0.503. The van der Waals surface area contributed by atoms with Gasteiger partial charge < -0.3 is 19.9 Å². The predicted octanol–water partition coefficient (Wildman–Crippen LogP) is 2.36. The zero-order valence-electron chi connectivity index (χ0n) is 11.7. The number of fused-ring (bicyclic) bond motifs is 1. The fourth-order valence-corrected chi connectivity index (χ4v) is 1.84. The Morgan fingerprint density at radius 1 is 1.18 bits per heavy atom. The SMILES string of the molecule is C=CC(=O)OCCNC(=O)Oc1ccc(O)c2ccccc12. The van der Waals surface area contributed by atoms with Crippen LogP contribution in [-0.2, 0) is 9.53 Å². The average molecular weight is 301 g/mol. The van der Waals surface area contributed by atoms with Gasteiger partial charge in [-0.05, 0) is 12.1 Å². The van der Waals surface area contributed by atoms with Crippen molar-refractivity contribution in [3.05, 3.63) is 49.1 Å². The lowest BCUT2D eigenvalue weighted by atomic mass is 10.1. The molecule has 22 heavy (non-hydrogen) atoms. The molecule has 0 spiro atoms. The Labute approximate surface area is 127 Å². The summed E-state index contributed by atoms with van der Waals surface area (Å²) in [4.78, 5) is 22.5. The summed E-state index contributed by atoms with van der Waals surface area (Å²) < 4.78 is 9.91. The summed E-state index contributed by atoms with van der Waals surface area (Å²) >= 11 is 0. The number of benzene rings is 2. The summed E-state index contributed by atoms with van der Waals surface area (Å²) in [7, 11) is 0. The Balaban J connectivity index is 1.96. The number of phenolic OH excluding ortho intramolecular Hbond substituents is 1. The number of carbonyl (C=O) groups excluding carboxylic acids is 2. The van der Waals surface area contributed by atoms with Gasteiger partial charge in [0.2, 0.25) is 0 Å². The molecule has 0 radical (unpaired) electrons. The number of ether oxygens (including phenoxy) is 2. The third-order valence-corrected chi connectivity index (χ3v) is 2.85. The van der Waals surface area contributed by atoms with Crippen LogP contribution in [0.4, 0.5) is 4.79 Å². The standard InChI is InChI=1S/C16H15NO5/c1-2-15(19)21-10-9-17-16(20)22-14-8-7-13(18)11-5-3-4-6-12(11)14/h2-8,18H,1,9-10H2,(H,17,20). The first-order chi connectivity index (χ1) is 10.6. The van der Waals surface area contributed by atoms with E-state index in [2.05, 4.69) is 11.9 Å². The first-order valence-corrected chi connectivity index (χ1v) is 6.57. The van der Waals surface area contributed by atoms with Crippen LogP contribution in [0.15, 0.2) is 49.1 Å². The molecule has 0 saturated carbocycles. The number of hydrogen-bond donors (Lipinski definition) is 2. The third kappa shape index (κ3) is 3.76. The van der Waals surface area contributed by atoms with Crippen molar-refractivity contribution in [1.82, 2.24) is 5.32 Å². The van der Waals surface area contributed by atoms with Crippen LogP contribution in [0.1, 0.15) is 0 Å². The maximum atomic E-state index is 11.7. The second-order valence-corrected chi connectivity index (χ2v) is 4.32. The molecular weight excluding hydrogens is 286 g/mol. The Morgan fingerprint density at radius 3 is 2.64 bits per heavy atom. The second kappa shape index (κ2) is 7.12. The van der Waals surface area contributed by atoms with E-state index in [-0.39, 0.29) is 18.9 Å². The van der Waals surface area contributed by atoms with Gasteiger partial charge in [-0.2, -0.15) is 0 Å². The topological polar surface area (TPSA) is 84.9 Å². The highest BCUT2D eigenvalue weighted by molar-refractivity contribution is 5.94. The van der Waals surface area contributed by atoms with Gasteiger partial charge in [0.05, 0.1) is 6.54 Å². The lowest BCUT2D eigenvalue weighted by Crippen LogP contribution is -2.30. The van der Waals surface area contributed by atoms with Crippen LogP contribution in [0, 0.1) is 0 Å². The molecule has 0 heterocycles. The molecule has 2 aromatic rings. The van der Waals surface area contributed by atoms with E-state index in [0.717, 1.165) is 6.08 Å². The molecule has 2 rings (SSSR count). The zero-order valence-corrected chi connectivity index (χ0v) is 11.7. The fourth-order valence-electron chi connectivity index (χ4n) is 1.84. The highest BCUT2D eigenvalue weighted by Crippen LogP contribution is 2.32. The molecule has 0 aliphatic rings. The van der Waals surface area contributed by atoms with Crippen molar-refractivity contribution < 1.29 is 24.2 Å². The van der Waals surface area contributed by atoms with E-state index >= 15 is 0 Å². The minimum absolute atomic E-state index is 0.0241. The molecule has 1 amide bonds. The van der Waals surface area contributed by atoms with Gasteiger partial charge in [0, 0.05) is 16.8 Å². The Morgan fingerprint density at radius 2 is 1.91 bits per heavy atom. The largest absolute Gasteiger partial charge is 0.507 e. The lowest BCUT2D eigenvalue weighted by molar-refractivity contribution is -0.137. The smallest absolute Gasteiger partial charge is 0.412 e. The van der Waals surface area contributed by atoms with Gasteiger partial charge in [-0.1, -0.05) is 30.8 Å². The number of esters is 1. The van der Waals surface area contributed by atoms with E-state index < -0.39 is 12.1 Å². The van der Waals surface area contributed by atoms with Gasteiger partial charge in [0.15, 0.2) is 0 Å². The second-order valence-electron chi connectivity index (χ2n) is 4.32. The fraction of sp³-hybridized carbons (Fsp3) is 0.125. The van der Waals surface area contributed by atoms with Crippen LogP contribution >= 0.6 is 0 Å². The maximum absolute atomic E-state index is 11.7. The van der Waals surface area contributed by atoms with E-state index in [4.69, 9.17) is 9.47 Å². The van der Waals surface area contributed by atoms with Gasteiger partial charge >= 0.3 is 12.1 Å². The van der Waals surface area contributed by atoms with Crippen molar-refractivity contribution in [2.75, 3.05) is 13.2 Å². The lowest BCUT2D eigenvalue weighted by Gasteiger charge is -2.10. The van der Waals surface area contributed by atoms with Crippen molar-refractivity contribution in [2.24, 2.45) is 0 Å². The molecule has 0 aliphatic carbocycles. The molecule has 0 atom stereocenters. The van der Waals surface area contributed by atoms with Crippen LogP contribution in [-0.4, -0.2) is 30.3 Å². The van der Waals surface area contributed by atoms with Crippen LogP contribution in [0.2, 0.25) is 0 Å². The van der Waals surface area contributed by atoms with E-state index in [1.807, 2.05) is 0 Å². The highest BCUT2D eigenvalue weighted by atomic mass is 16.6. The summed E-state index contributed by atoms with van der Waals surface area (Å²) in [5.74, 6) is -0.117. The minimum Gasteiger partial charge on any atom is -0.507 e. The van der Waals surface area contributed by atoms with Crippen molar-refractivity contribution in [3.63, 3.8) is 0 Å². The Kier molecular flexibility index (Phi) is 4.98. The molecule has 114 valence electrons. The molecular formula is C16H15NO5. The molecule has 0 aliphatic heterocycles. The molecule has 0 bridgehead atoms. The van der Waals surface area contributed by atoms with Crippen molar-refractivity contribution >= 4 is 22.8 Å². The highest BCUT2D eigenvalue weighted by Gasteiger charge is 2.10. The summed E-state index contributed by atoms with van der Waals surface area (Å²) in [6.07, 6.45) is 0.367. The van der Waals surface area contributed by atoms with Crippen LogP contribution in [0.3, 0.4) is 0 Å². The summed E-state index contributed by atoms with van der Waals surface area (Å²) in [6.45, 7) is 3.40. The normalized spacial score (nSPS) is 10.0. The Bertz CT molecular complexity index is 711. The Hall–Kier alpha value is -3.02. The van der Waals surface area contributed by atoms with E-state index in [0.29, 0.717) is 16.5 Å². The molecule has 0 saturated heterocycles. The van der Waals surface area contributed by atoms with E-state index in [1.54, 1.807) is 24.3 Å². The van der Waals surface area contributed by atoms with Gasteiger partial charge in [-0.25, -0.2) is 9.59 Å². The van der Waals surface area contributed by atoms with Gasteiger partial charge in [0.25, 0.3) is 0 Å². The summed E-state index contributed by atoms with van der Waals surface area (Å²) in [6, 6.07) is 9.99. The van der Waals surface area contributed by atoms with Gasteiger partial charge in [-0.3, -0.25) is 0 Å². The zero-order chi connectivity index (χ0) is 15.9. The molecule has 6 nitrogen and oxygen atoms in total. The molecule has 6 heteroatoms. The first kappa shape index (κ1) is 15.4. The van der Waals surface area contributed by atoms with Gasteiger partial charge in [-0.15, -0.1) is 0 Å². The molecule has 0 unspecified atom stereocenters. The molecule has 0 aromatic heterocycles. The van der Waals surface area contributed by atoms with Crippen LogP contribution in [0.25, 0.3) is 10.8 Å². The first-order valence-electron chi connectivity index (χ1n) is 6.57. The molecule has 0 fully saturated rings. The number of carbonyl (C=O) groups is 2. The summed E-state index contributed by atoms with van der Waals surface area (Å²) in [5.41, 5.74) is 0.